The van der Waals surface area contributed by atoms with Gasteiger partial charge < -0.3 is 9.64 Å². The molecular weight excluding hydrogens is 306 g/mol. The Bertz CT molecular complexity index is 271. The van der Waals surface area contributed by atoms with Gasteiger partial charge in [-0.3, -0.25) is 0 Å². The summed E-state index contributed by atoms with van der Waals surface area (Å²) in [6.07, 6.45) is 14.7. The van der Waals surface area contributed by atoms with Gasteiger partial charge in [0.2, 0.25) is 0 Å². The van der Waals surface area contributed by atoms with Crippen molar-refractivity contribution in [3.05, 3.63) is 0 Å². The van der Waals surface area contributed by atoms with Crippen molar-refractivity contribution in [2.24, 2.45) is 5.92 Å². The second-order valence-electron chi connectivity index (χ2n) is 7.63. The average molecular weight is 356 g/mol. The van der Waals surface area contributed by atoms with E-state index in [1.807, 2.05) is 0 Å². The predicted molar refractivity (Wildman–Crippen MR) is 113 cm³/mol. The summed E-state index contributed by atoms with van der Waals surface area (Å²) in [6, 6.07) is 0. The molecule has 0 bridgehead atoms. The van der Waals surface area contributed by atoms with Crippen LogP contribution in [0.15, 0.2) is 0 Å². The maximum atomic E-state index is 6.38. The van der Waals surface area contributed by atoms with Gasteiger partial charge in [-0.15, -0.1) is 0 Å². The molecule has 1 unspecified atom stereocenters. The van der Waals surface area contributed by atoms with Crippen LogP contribution in [0.5, 0.6) is 0 Å². The normalized spacial score (nSPS) is 13.6. The third-order valence-electron chi connectivity index (χ3n) is 6.20. The van der Waals surface area contributed by atoms with E-state index in [0.29, 0.717) is 0 Å². The molecule has 0 rings (SSSR count). The Labute approximate surface area is 160 Å². The molecule has 0 saturated carbocycles. The Balaban J connectivity index is 4.62. The Morgan fingerprint density at radius 1 is 0.720 bits per heavy atom. The van der Waals surface area contributed by atoms with Crippen LogP contribution in [0.1, 0.15) is 112 Å². The van der Waals surface area contributed by atoms with E-state index in [4.69, 9.17) is 4.74 Å². The van der Waals surface area contributed by atoms with Crippen molar-refractivity contribution in [2.75, 3.05) is 26.2 Å². The summed E-state index contributed by atoms with van der Waals surface area (Å²) in [5.41, 5.74) is 0.113. The fourth-order valence-corrected chi connectivity index (χ4v) is 4.38. The van der Waals surface area contributed by atoms with Crippen molar-refractivity contribution in [1.82, 2.24) is 4.90 Å². The number of unbranched alkanes of at least 4 members (excludes halogenated alkanes) is 5. The molecule has 0 heterocycles. The van der Waals surface area contributed by atoms with Gasteiger partial charge in [-0.25, -0.2) is 0 Å². The lowest BCUT2D eigenvalue weighted by Gasteiger charge is -2.40. The minimum atomic E-state index is 0.113. The molecule has 0 aromatic rings. The average Bonchev–Trinajstić information content (AvgIpc) is 2.64. The highest BCUT2D eigenvalue weighted by Crippen LogP contribution is 2.36. The van der Waals surface area contributed by atoms with E-state index in [1.165, 1.54) is 77.4 Å². The van der Waals surface area contributed by atoms with Crippen molar-refractivity contribution in [3.63, 3.8) is 0 Å². The number of rotatable bonds is 18. The molecule has 0 spiro atoms. The first-order valence-corrected chi connectivity index (χ1v) is 11.5. The van der Waals surface area contributed by atoms with Crippen LogP contribution in [-0.2, 0) is 4.74 Å². The number of ether oxygens (including phenoxy) is 1. The molecule has 0 N–H and O–H groups in total. The zero-order valence-corrected chi connectivity index (χ0v) is 18.5. The van der Waals surface area contributed by atoms with Gasteiger partial charge in [-0.2, -0.15) is 0 Å². The monoisotopic (exact) mass is 355 g/mol. The highest BCUT2D eigenvalue weighted by Gasteiger charge is 2.35. The summed E-state index contributed by atoms with van der Waals surface area (Å²) >= 11 is 0. The maximum absolute atomic E-state index is 6.38. The Kier molecular flexibility index (Phi) is 16.1. The van der Waals surface area contributed by atoms with Gasteiger partial charge in [0, 0.05) is 6.61 Å². The summed E-state index contributed by atoms with van der Waals surface area (Å²) in [6.45, 7) is 18.1. The molecule has 0 amide bonds. The SMILES string of the molecule is CCCCCCCCC(CCCN(CC)CC)C(CC)(CC)OCC. The van der Waals surface area contributed by atoms with Gasteiger partial charge >= 0.3 is 0 Å². The number of hydrogen-bond donors (Lipinski definition) is 0. The highest BCUT2D eigenvalue weighted by atomic mass is 16.5. The first kappa shape index (κ1) is 24.9. The molecule has 2 heteroatoms. The van der Waals surface area contributed by atoms with E-state index in [2.05, 4.69) is 46.4 Å². The lowest BCUT2D eigenvalue weighted by molar-refractivity contribution is -0.0938. The molecule has 0 fully saturated rings. The Morgan fingerprint density at radius 3 is 1.80 bits per heavy atom. The van der Waals surface area contributed by atoms with Crippen LogP contribution in [0.3, 0.4) is 0 Å². The zero-order valence-electron chi connectivity index (χ0n) is 18.5. The fourth-order valence-electron chi connectivity index (χ4n) is 4.38. The molecule has 0 aromatic heterocycles. The van der Waals surface area contributed by atoms with Crippen molar-refractivity contribution in [2.45, 2.75) is 118 Å². The van der Waals surface area contributed by atoms with E-state index in [-0.39, 0.29) is 5.60 Å². The molecule has 0 aromatic carbocycles. The van der Waals surface area contributed by atoms with Gasteiger partial charge in [0.1, 0.15) is 0 Å². The lowest BCUT2D eigenvalue weighted by Crippen LogP contribution is -2.40. The summed E-state index contributed by atoms with van der Waals surface area (Å²) < 4.78 is 6.38. The minimum Gasteiger partial charge on any atom is -0.375 e. The van der Waals surface area contributed by atoms with Crippen molar-refractivity contribution >= 4 is 0 Å². The minimum absolute atomic E-state index is 0.113. The zero-order chi connectivity index (χ0) is 19.0. The van der Waals surface area contributed by atoms with Crippen LogP contribution >= 0.6 is 0 Å². The van der Waals surface area contributed by atoms with E-state index in [0.717, 1.165) is 25.4 Å². The van der Waals surface area contributed by atoms with E-state index in [9.17, 15) is 0 Å². The fraction of sp³-hybridized carbons (Fsp3) is 1.00. The Hall–Kier alpha value is -0.0800. The first-order valence-electron chi connectivity index (χ1n) is 11.5. The summed E-state index contributed by atoms with van der Waals surface area (Å²) in [5.74, 6) is 0.726. The molecule has 2 nitrogen and oxygen atoms in total. The molecule has 1 atom stereocenters. The number of nitrogens with zero attached hydrogens (tertiary/aromatic N) is 1. The molecule has 25 heavy (non-hydrogen) atoms. The van der Waals surface area contributed by atoms with Crippen molar-refractivity contribution in [1.29, 1.82) is 0 Å². The third kappa shape index (κ3) is 9.99. The van der Waals surface area contributed by atoms with Gasteiger partial charge in [0.25, 0.3) is 0 Å². The van der Waals surface area contributed by atoms with Crippen LogP contribution in [0.4, 0.5) is 0 Å². The van der Waals surface area contributed by atoms with Crippen LogP contribution in [0.25, 0.3) is 0 Å². The Morgan fingerprint density at radius 2 is 1.28 bits per heavy atom. The third-order valence-corrected chi connectivity index (χ3v) is 6.20. The van der Waals surface area contributed by atoms with Crippen LogP contribution in [-0.4, -0.2) is 36.7 Å². The molecule has 0 radical (unpaired) electrons. The summed E-state index contributed by atoms with van der Waals surface area (Å²) in [4.78, 5) is 2.56. The summed E-state index contributed by atoms with van der Waals surface area (Å²) in [5, 5.41) is 0. The lowest BCUT2D eigenvalue weighted by atomic mass is 9.76. The van der Waals surface area contributed by atoms with Gasteiger partial charge in [0.05, 0.1) is 5.60 Å². The topological polar surface area (TPSA) is 12.5 Å². The van der Waals surface area contributed by atoms with E-state index < -0.39 is 0 Å². The smallest absolute Gasteiger partial charge is 0.0705 e. The van der Waals surface area contributed by atoms with Crippen LogP contribution < -0.4 is 0 Å². The molecule has 0 aliphatic carbocycles. The number of hydrogen-bond acceptors (Lipinski definition) is 2. The van der Waals surface area contributed by atoms with Crippen molar-refractivity contribution < 1.29 is 4.74 Å². The molecule has 0 aliphatic heterocycles. The molecule has 0 aliphatic rings. The van der Waals surface area contributed by atoms with Crippen molar-refractivity contribution in [3.8, 4) is 0 Å². The van der Waals surface area contributed by atoms with Gasteiger partial charge in [-0.1, -0.05) is 73.1 Å². The van der Waals surface area contributed by atoms with Crippen LogP contribution in [0, 0.1) is 5.92 Å². The maximum Gasteiger partial charge on any atom is 0.0705 e. The predicted octanol–water partition coefficient (Wildman–Crippen LogP) is 7.07. The second kappa shape index (κ2) is 16.1. The van der Waals surface area contributed by atoms with E-state index in [1.54, 1.807) is 0 Å². The molecule has 0 saturated heterocycles. The molecule has 152 valence electrons. The second-order valence-corrected chi connectivity index (χ2v) is 7.63. The highest BCUT2D eigenvalue weighted by molar-refractivity contribution is 4.86. The quantitative estimate of drug-likeness (QED) is 0.244. The first-order chi connectivity index (χ1) is 12.1. The summed E-state index contributed by atoms with van der Waals surface area (Å²) in [7, 11) is 0. The largest absolute Gasteiger partial charge is 0.375 e. The van der Waals surface area contributed by atoms with Gasteiger partial charge in [-0.05, 0) is 64.6 Å². The molecular formula is C23H49NO. The van der Waals surface area contributed by atoms with E-state index >= 15 is 0 Å². The van der Waals surface area contributed by atoms with Crippen LogP contribution in [0.2, 0.25) is 0 Å². The standard InChI is InChI=1S/C23H49NO/c1-7-13-14-15-16-17-19-22(20-18-21-24(10-4)11-5)23(8-2,9-3)25-12-6/h22H,7-21H2,1-6H3. The van der Waals surface area contributed by atoms with Gasteiger partial charge in [0.15, 0.2) is 0 Å².